The van der Waals surface area contributed by atoms with Crippen LogP contribution in [0.4, 0.5) is 27.9 Å². The van der Waals surface area contributed by atoms with Crippen LogP contribution in [-0.4, -0.2) is 112 Å². The van der Waals surface area contributed by atoms with Crippen molar-refractivity contribution in [3.63, 3.8) is 0 Å². The molecule has 328 valence electrons. The number of rotatable bonds is 15. The van der Waals surface area contributed by atoms with E-state index >= 15 is 0 Å². The highest BCUT2D eigenvalue weighted by molar-refractivity contribution is 6.07. The lowest BCUT2D eigenvalue weighted by molar-refractivity contribution is -0.142. The van der Waals surface area contributed by atoms with Crippen molar-refractivity contribution in [3.8, 4) is 0 Å². The van der Waals surface area contributed by atoms with E-state index in [2.05, 4.69) is 36.2 Å². The van der Waals surface area contributed by atoms with E-state index in [1.165, 1.54) is 14.7 Å². The summed E-state index contributed by atoms with van der Waals surface area (Å²) in [6.45, 7) is 15.4. The average Bonchev–Trinajstić information content (AvgIpc) is 3.71. The molecule has 1 saturated heterocycles. The van der Waals surface area contributed by atoms with Crippen molar-refractivity contribution >= 4 is 58.7 Å². The summed E-state index contributed by atoms with van der Waals surface area (Å²) >= 11 is 0. The van der Waals surface area contributed by atoms with Gasteiger partial charge >= 0.3 is 6.03 Å². The SMILES string of the molecule is Cc1ccc(Nc2ncc3c(n2)N(C)C(=O)N(c2cc(C(=O)NC(C(=O)N4CCC[C@@H]4C(=O)N[C@H](C(=O)N[C@H](CC(C)C)C(=O)N(C)C)C(C)C)C(C)C)ccc2C)C3)cn1. The monoisotopic (exact) mass is 839 g/mol. The van der Waals surface area contributed by atoms with Crippen molar-refractivity contribution in [1.29, 1.82) is 0 Å². The van der Waals surface area contributed by atoms with E-state index in [9.17, 15) is 28.8 Å². The number of pyridine rings is 1. The van der Waals surface area contributed by atoms with E-state index in [1.54, 1.807) is 70.5 Å². The summed E-state index contributed by atoms with van der Waals surface area (Å²) in [5.74, 6) is -1.87. The minimum Gasteiger partial charge on any atom is -0.347 e. The Balaban J connectivity index is 1.29. The molecule has 61 heavy (non-hydrogen) atoms. The summed E-state index contributed by atoms with van der Waals surface area (Å²) in [7, 11) is 4.89. The number of likely N-dealkylation sites (N-methyl/N-ethyl adjacent to an activating group) is 1. The van der Waals surface area contributed by atoms with Gasteiger partial charge in [-0.1, -0.05) is 47.6 Å². The molecule has 0 saturated carbocycles. The minimum absolute atomic E-state index is 0.136. The van der Waals surface area contributed by atoms with Crippen LogP contribution < -0.4 is 31.1 Å². The maximum Gasteiger partial charge on any atom is 0.330 e. The maximum atomic E-state index is 14.2. The van der Waals surface area contributed by atoms with E-state index in [-0.39, 0.29) is 41.8 Å². The molecule has 4 atom stereocenters. The Hall–Kier alpha value is -6.13. The molecule has 7 amide bonds. The number of anilines is 4. The highest BCUT2D eigenvalue weighted by atomic mass is 16.2. The number of nitrogens with one attached hydrogen (secondary N) is 4. The van der Waals surface area contributed by atoms with E-state index in [4.69, 9.17) is 0 Å². The molecule has 1 fully saturated rings. The molecule has 1 unspecified atom stereocenters. The Morgan fingerprint density at radius 3 is 2.21 bits per heavy atom. The molecule has 5 rings (SSSR count). The Labute approximate surface area is 358 Å². The van der Waals surface area contributed by atoms with Gasteiger partial charge in [-0.2, -0.15) is 4.98 Å². The second kappa shape index (κ2) is 19.5. The predicted octanol–water partition coefficient (Wildman–Crippen LogP) is 4.31. The lowest BCUT2D eigenvalue weighted by Gasteiger charge is -2.35. The zero-order chi connectivity index (χ0) is 44.9. The van der Waals surface area contributed by atoms with Gasteiger partial charge < -0.3 is 31.1 Å². The number of amides is 7. The van der Waals surface area contributed by atoms with Gasteiger partial charge in [-0.05, 0) is 80.7 Å². The van der Waals surface area contributed by atoms with Crippen molar-refractivity contribution in [2.75, 3.05) is 42.8 Å². The van der Waals surface area contributed by atoms with E-state index in [0.29, 0.717) is 54.5 Å². The third-order valence-corrected chi connectivity index (χ3v) is 11.0. The highest BCUT2D eigenvalue weighted by Crippen LogP contribution is 2.33. The van der Waals surface area contributed by atoms with E-state index < -0.39 is 47.8 Å². The molecule has 2 aliphatic rings. The topological polar surface area (TPSA) is 202 Å². The number of urea groups is 1. The number of aryl methyl sites for hydroxylation is 2. The maximum absolute atomic E-state index is 14.2. The molecule has 0 radical (unpaired) electrons. The molecule has 0 spiro atoms. The van der Waals surface area contributed by atoms with Crippen molar-refractivity contribution in [1.82, 2.24) is 40.7 Å². The average molecular weight is 840 g/mol. The van der Waals surface area contributed by atoms with Crippen LogP contribution in [0.25, 0.3) is 0 Å². The number of carbonyl (C=O) groups excluding carboxylic acids is 6. The smallest absolute Gasteiger partial charge is 0.330 e. The fourth-order valence-electron chi connectivity index (χ4n) is 7.54. The van der Waals surface area contributed by atoms with Crippen LogP contribution >= 0.6 is 0 Å². The lowest BCUT2D eigenvalue weighted by atomic mass is 9.99. The number of likely N-dealkylation sites (tertiary alicyclic amines) is 1. The highest BCUT2D eigenvalue weighted by Gasteiger charge is 2.41. The first-order valence-electron chi connectivity index (χ1n) is 20.9. The molecule has 17 nitrogen and oxygen atoms in total. The fraction of sp³-hybridized carbons (Fsp3) is 0.523. The number of nitrogens with zero attached hydrogens (tertiary/aromatic N) is 7. The molecule has 3 aromatic rings. The molecule has 2 aromatic heterocycles. The third-order valence-electron chi connectivity index (χ3n) is 11.0. The van der Waals surface area contributed by atoms with E-state index in [1.807, 2.05) is 53.7 Å². The van der Waals surface area contributed by atoms with Crippen LogP contribution in [0.3, 0.4) is 0 Å². The minimum atomic E-state index is -0.978. The molecule has 17 heteroatoms. The summed E-state index contributed by atoms with van der Waals surface area (Å²) in [6, 6.07) is 4.87. The normalized spacial score (nSPS) is 16.6. The molecule has 4 heterocycles. The van der Waals surface area contributed by atoms with Gasteiger partial charge in [0, 0.05) is 56.4 Å². The summed E-state index contributed by atoms with van der Waals surface area (Å²) in [4.78, 5) is 102. The first-order valence-corrected chi connectivity index (χ1v) is 20.9. The molecule has 0 bridgehead atoms. The number of aromatic nitrogens is 3. The Kier molecular flexibility index (Phi) is 14.7. The van der Waals surface area contributed by atoms with Gasteiger partial charge in [0.05, 0.1) is 18.4 Å². The molecule has 1 aromatic carbocycles. The third kappa shape index (κ3) is 10.8. The molecule has 2 aliphatic heterocycles. The quantitative estimate of drug-likeness (QED) is 0.171. The first kappa shape index (κ1) is 45.9. The lowest BCUT2D eigenvalue weighted by Crippen LogP contribution is -2.59. The Morgan fingerprint density at radius 2 is 1.59 bits per heavy atom. The van der Waals surface area contributed by atoms with Crippen LogP contribution in [0.2, 0.25) is 0 Å². The van der Waals surface area contributed by atoms with Crippen molar-refractivity contribution in [3.05, 3.63) is 65.1 Å². The number of hydrogen-bond acceptors (Lipinski definition) is 10. The summed E-state index contributed by atoms with van der Waals surface area (Å²) in [6.07, 6.45) is 4.72. The van der Waals surface area contributed by atoms with Crippen molar-refractivity contribution in [2.24, 2.45) is 17.8 Å². The molecule has 0 aliphatic carbocycles. The van der Waals surface area contributed by atoms with Crippen LogP contribution in [0.5, 0.6) is 0 Å². The number of carbonyl (C=O) groups is 6. The molecular weight excluding hydrogens is 779 g/mol. The Bertz CT molecular complexity index is 2120. The second-order valence-corrected chi connectivity index (χ2v) is 17.3. The first-order chi connectivity index (χ1) is 28.8. The number of fused-ring (bicyclic) bond motifs is 1. The van der Waals surface area contributed by atoms with Crippen LogP contribution in [0, 0.1) is 31.6 Å². The van der Waals surface area contributed by atoms with Gasteiger partial charge in [-0.15, -0.1) is 0 Å². The fourth-order valence-corrected chi connectivity index (χ4v) is 7.54. The number of hydrogen-bond donors (Lipinski definition) is 4. The van der Waals surface area contributed by atoms with Gasteiger partial charge in [0.1, 0.15) is 30.0 Å². The van der Waals surface area contributed by atoms with Crippen LogP contribution in [0.15, 0.2) is 42.7 Å². The van der Waals surface area contributed by atoms with Crippen molar-refractivity contribution in [2.45, 2.75) is 105 Å². The summed E-state index contributed by atoms with van der Waals surface area (Å²) < 4.78 is 0. The Morgan fingerprint density at radius 1 is 0.885 bits per heavy atom. The molecule has 4 N–H and O–H groups in total. The zero-order valence-corrected chi connectivity index (χ0v) is 37.2. The van der Waals surface area contributed by atoms with Crippen molar-refractivity contribution < 1.29 is 28.8 Å². The zero-order valence-electron chi connectivity index (χ0n) is 37.2. The standard InChI is InChI=1S/C44H61N11O6/c1-24(2)19-32(41(59)52(9)10)48-40(58)35(25(3)4)49-39(57)33-13-12-18-54(33)42(60)36(26(5)6)50-38(56)29-16-14-27(7)34(20-29)55-23-30-21-46-43(51-37(30)53(11)44(55)61)47-31-17-15-28(8)45-22-31/h14-17,20-22,24-26,32-33,35-36H,12-13,18-19,23H2,1-11H3,(H,48,58)(H,49,57)(H,50,56)(H,46,47,51)/t32-,33-,35+,36?/m1/s1. The van der Waals surface area contributed by atoms with Gasteiger partial charge in [-0.25, -0.2) is 9.78 Å². The predicted molar refractivity (Wildman–Crippen MR) is 233 cm³/mol. The molecular formula is C44H61N11O6. The second-order valence-electron chi connectivity index (χ2n) is 17.3. The largest absolute Gasteiger partial charge is 0.347 e. The van der Waals surface area contributed by atoms with Gasteiger partial charge in [0.25, 0.3) is 5.91 Å². The van der Waals surface area contributed by atoms with Gasteiger partial charge in [0.2, 0.25) is 29.6 Å². The van der Waals surface area contributed by atoms with E-state index in [0.717, 1.165) is 11.3 Å². The van der Waals surface area contributed by atoms with Gasteiger partial charge in [-0.3, -0.25) is 38.8 Å². The van der Waals surface area contributed by atoms with Crippen LogP contribution in [0.1, 0.15) is 88.0 Å². The van der Waals surface area contributed by atoms with Gasteiger partial charge in [0.15, 0.2) is 0 Å². The van der Waals surface area contributed by atoms with Crippen LogP contribution in [-0.2, 0) is 25.7 Å². The summed E-state index contributed by atoms with van der Waals surface area (Å²) in [5.41, 5.74) is 3.79. The summed E-state index contributed by atoms with van der Waals surface area (Å²) in [5, 5.41) is 11.8. The number of benzene rings is 1.